The maximum Gasteiger partial charge on any atom is 0.0649 e. The molecule has 1 heterocycles. The predicted molar refractivity (Wildman–Crippen MR) is 78.9 cm³/mol. The van der Waals surface area contributed by atoms with Crippen molar-refractivity contribution in [3.8, 4) is 0 Å². The van der Waals surface area contributed by atoms with Gasteiger partial charge in [0.15, 0.2) is 0 Å². The van der Waals surface area contributed by atoms with Gasteiger partial charge in [-0.25, -0.2) is 0 Å². The first-order valence-corrected chi connectivity index (χ1v) is 6.43. The number of hydrogen-bond donors (Lipinski definition) is 1. The van der Waals surface area contributed by atoms with E-state index < -0.39 is 0 Å². The van der Waals surface area contributed by atoms with Gasteiger partial charge in [-0.3, -0.25) is 10.4 Å². The summed E-state index contributed by atoms with van der Waals surface area (Å²) in [5.41, 5.74) is 7.00. The fourth-order valence-electron chi connectivity index (χ4n) is 1.51. The number of halogens is 1. The maximum atomic E-state index is 4.36. The van der Waals surface area contributed by atoms with E-state index in [1.807, 2.05) is 50.2 Å². The van der Waals surface area contributed by atoms with E-state index >= 15 is 0 Å². The van der Waals surface area contributed by atoms with Crippen LogP contribution in [0.5, 0.6) is 0 Å². The minimum Gasteiger partial charge on any atom is -0.278 e. The molecule has 0 aliphatic heterocycles. The van der Waals surface area contributed by atoms with Crippen molar-refractivity contribution in [2.75, 3.05) is 5.43 Å². The van der Waals surface area contributed by atoms with E-state index in [9.17, 15) is 0 Å². The lowest BCUT2D eigenvalue weighted by Crippen LogP contribution is -2.00. The number of benzene rings is 1. The van der Waals surface area contributed by atoms with Crippen LogP contribution in [0.3, 0.4) is 0 Å². The Morgan fingerprint density at radius 1 is 1.22 bits per heavy atom. The van der Waals surface area contributed by atoms with Crippen LogP contribution in [0.2, 0.25) is 0 Å². The van der Waals surface area contributed by atoms with Crippen molar-refractivity contribution in [1.29, 1.82) is 0 Å². The number of hydrogen-bond acceptors (Lipinski definition) is 3. The van der Waals surface area contributed by atoms with E-state index in [1.165, 1.54) is 0 Å². The summed E-state index contributed by atoms with van der Waals surface area (Å²) >= 11 is 3.40. The van der Waals surface area contributed by atoms with Crippen LogP contribution in [0, 0.1) is 6.92 Å². The van der Waals surface area contributed by atoms with Crippen LogP contribution in [0.15, 0.2) is 52.2 Å². The van der Waals surface area contributed by atoms with Gasteiger partial charge in [-0.05, 0) is 50.2 Å². The second-order valence-electron chi connectivity index (χ2n) is 4.00. The van der Waals surface area contributed by atoms with Crippen molar-refractivity contribution in [3.63, 3.8) is 0 Å². The highest BCUT2D eigenvalue weighted by atomic mass is 79.9. The lowest BCUT2D eigenvalue weighted by Gasteiger charge is -2.04. The first-order chi connectivity index (χ1) is 8.65. The quantitative estimate of drug-likeness (QED) is 0.687. The van der Waals surface area contributed by atoms with Crippen molar-refractivity contribution in [2.24, 2.45) is 5.10 Å². The summed E-state index contributed by atoms with van der Waals surface area (Å²) in [6, 6.07) is 11.9. The van der Waals surface area contributed by atoms with Crippen molar-refractivity contribution >= 4 is 27.3 Å². The molecule has 0 amide bonds. The number of pyridine rings is 1. The molecular weight excluding hydrogens is 290 g/mol. The van der Waals surface area contributed by atoms with Crippen LogP contribution in [-0.4, -0.2) is 10.7 Å². The van der Waals surface area contributed by atoms with E-state index in [2.05, 4.69) is 31.4 Å². The highest BCUT2D eigenvalue weighted by Gasteiger charge is 1.98. The highest BCUT2D eigenvalue weighted by Crippen LogP contribution is 2.14. The summed E-state index contributed by atoms with van der Waals surface area (Å²) in [5, 5.41) is 4.36. The molecular formula is C14H14BrN3. The molecule has 4 heteroatoms. The monoisotopic (exact) mass is 303 g/mol. The molecule has 0 aliphatic rings. The Balaban J connectivity index is 2.11. The number of rotatable bonds is 3. The van der Waals surface area contributed by atoms with Crippen LogP contribution < -0.4 is 5.43 Å². The fourth-order valence-corrected chi connectivity index (χ4v) is 1.77. The smallest absolute Gasteiger partial charge is 0.0649 e. The van der Waals surface area contributed by atoms with E-state index in [4.69, 9.17) is 0 Å². The molecule has 3 nitrogen and oxygen atoms in total. The van der Waals surface area contributed by atoms with E-state index in [0.717, 1.165) is 27.1 Å². The number of anilines is 1. The van der Waals surface area contributed by atoms with Crippen molar-refractivity contribution in [2.45, 2.75) is 13.8 Å². The maximum absolute atomic E-state index is 4.36. The standard InChI is InChI=1S/C14H14BrN3/c1-10-9-12(7-8-16-10)11(2)17-18-14-5-3-13(15)4-6-14/h3-9,18H,1-2H3/b17-11+. The molecule has 0 saturated heterocycles. The first-order valence-electron chi connectivity index (χ1n) is 5.64. The Kier molecular flexibility index (Phi) is 4.10. The second-order valence-corrected chi connectivity index (χ2v) is 4.92. The van der Waals surface area contributed by atoms with Crippen LogP contribution in [0.1, 0.15) is 18.2 Å². The molecule has 0 bridgehead atoms. The molecule has 2 rings (SSSR count). The lowest BCUT2D eigenvalue weighted by atomic mass is 10.1. The lowest BCUT2D eigenvalue weighted by molar-refractivity contribution is 1.19. The Morgan fingerprint density at radius 3 is 2.61 bits per heavy atom. The van der Waals surface area contributed by atoms with Gasteiger partial charge in [0.05, 0.1) is 11.4 Å². The van der Waals surface area contributed by atoms with Gasteiger partial charge in [0.2, 0.25) is 0 Å². The van der Waals surface area contributed by atoms with Crippen LogP contribution in [0.4, 0.5) is 5.69 Å². The number of hydrazone groups is 1. The molecule has 92 valence electrons. The van der Waals surface area contributed by atoms with E-state index in [0.29, 0.717) is 0 Å². The van der Waals surface area contributed by atoms with E-state index in [-0.39, 0.29) is 0 Å². The zero-order valence-corrected chi connectivity index (χ0v) is 11.9. The van der Waals surface area contributed by atoms with Crippen LogP contribution >= 0.6 is 15.9 Å². The molecule has 1 N–H and O–H groups in total. The normalized spacial score (nSPS) is 11.4. The summed E-state index contributed by atoms with van der Waals surface area (Å²) < 4.78 is 1.05. The number of nitrogens with zero attached hydrogens (tertiary/aromatic N) is 2. The van der Waals surface area contributed by atoms with Gasteiger partial charge in [-0.1, -0.05) is 15.9 Å². The van der Waals surface area contributed by atoms with Crippen LogP contribution in [-0.2, 0) is 0 Å². The summed E-state index contributed by atoms with van der Waals surface area (Å²) in [7, 11) is 0. The first kappa shape index (κ1) is 12.8. The summed E-state index contributed by atoms with van der Waals surface area (Å²) in [6.07, 6.45) is 1.79. The molecule has 0 spiro atoms. The van der Waals surface area contributed by atoms with Crippen LogP contribution in [0.25, 0.3) is 0 Å². The summed E-state index contributed by atoms with van der Waals surface area (Å²) in [6.45, 7) is 3.94. The van der Waals surface area contributed by atoms with Gasteiger partial charge in [-0.2, -0.15) is 5.10 Å². The van der Waals surface area contributed by atoms with Gasteiger partial charge < -0.3 is 0 Å². The number of aromatic nitrogens is 1. The zero-order valence-electron chi connectivity index (χ0n) is 10.3. The minimum atomic E-state index is 0.934. The minimum absolute atomic E-state index is 0.934. The molecule has 0 radical (unpaired) electrons. The molecule has 0 aliphatic carbocycles. The Morgan fingerprint density at radius 2 is 1.94 bits per heavy atom. The summed E-state index contributed by atoms with van der Waals surface area (Å²) in [4.78, 5) is 4.17. The average Bonchev–Trinajstić information content (AvgIpc) is 2.38. The van der Waals surface area contributed by atoms with Gasteiger partial charge in [0, 0.05) is 21.9 Å². The Bertz CT molecular complexity index is 562. The third-order valence-electron chi connectivity index (χ3n) is 2.51. The third-order valence-corrected chi connectivity index (χ3v) is 3.04. The largest absolute Gasteiger partial charge is 0.278 e. The fraction of sp³-hybridized carbons (Fsp3) is 0.143. The molecule has 0 atom stereocenters. The van der Waals surface area contributed by atoms with Crippen molar-refractivity contribution in [3.05, 3.63) is 58.3 Å². The number of nitrogens with one attached hydrogen (secondary N) is 1. The van der Waals surface area contributed by atoms with Gasteiger partial charge >= 0.3 is 0 Å². The van der Waals surface area contributed by atoms with Gasteiger partial charge in [0.1, 0.15) is 0 Å². The van der Waals surface area contributed by atoms with Crippen molar-refractivity contribution < 1.29 is 0 Å². The SMILES string of the molecule is C/C(=N\Nc1ccc(Br)cc1)c1ccnc(C)c1. The highest BCUT2D eigenvalue weighted by molar-refractivity contribution is 9.10. The Labute approximate surface area is 115 Å². The molecule has 1 aromatic heterocycles. The topological polar surface area (TPSA) is 37.3 Å². The average molecular weight is 304 g/mol. The van der Waals surface area contributed by atoms with Gasteiger partial charge in [-0.15, -0.1) is 0 Å². The Hall–Kier alpha value is -1.68. The molecule has 0 fully saturated rings. The number of aryl methyl sites for hydroxylation is 1. The van der Waals surface area contributed by atoms with E-state index in [1.54, 1.807) is 6.20 Å². The predicted octanol–water partition coefficient (Wildman–Crippen LogP) is 3.99. The third kappa shape index (κ3) is 3.40. The second kappa shape index (κ2) is 5.78. The molecule has 1 aromatic carbocycles. The molecule has 0 saturated carbocycles. The van der Waals surface area contributed by atoms with Crippen molar-refractivity contribution in [1.82, 2.24) is 4.98 Å². The van der Waals surface area contributed by atoms with Gasteiger partial charge in [0.25, 0.3) is 0 Å². The summed E-state index contributed by atoms with van der Waals surface area (Å²) in [5.74, 6) is 0. The molecule has 2 aromatic rings. The molecule has 0 unspecified atom stereocenters. The zero-order chi connectivity index (χ0) is 13.0. The molecule has 18 heavy (non-hydrogen) atoms.